The number of rotatable bonds is 5. The van der Waals surface area contributed by atoms with Crippen LogP contribution in [0.1, 0.15) is 6.92 Å². The molecule has 0 saturated heterocycles. The summed E-state index contributed by atoms with van der Waals surface area (Å²) < 4.78 is 27.6. The van der Waals surface area contributed by atoms with E-state index < -0.39 is 10.0 Å². The Hall–Kier alpha value is -1.32. The summed E-state index contributed by atoms with van der Waals surface area (Å²) in [5.41, 5.74) is 7.81. The Bertz CT molecular complexity index is 730. The second kappa shape index (κ2) is 6.63. The number of nitrogen functional groups attached to an aromatic ring is 1. The third-order valence-corrected chi connectivity index (χ3v) is 5.06. The third-order valence-electron chi connectivity index (χ3n) is 2.79. The van der Waals surface area contributed by atoms with Crippen molar-refractivity contribution >= 4 is 49.7 Å². The molecule has 0 fully saturated rings. The number of halogens is 1. The van der Waals surface area contributed by atoms with Crippen molar-refractivity contribution in [2.45, 2.75) is 11.8 Å². The molecule has 2 aromatic rings. The van der Waals surface area contributed by atoms with Gasteiger partial charge >= 0.3 is 0 Å². The molecule has 0 amide bonds. The molecule has 0 spiro atoms. The summed E-state index contributed by atoms with van der Waals surface area (Å²) in [6.45, 7) is 2.08. The molecule has 2 rings (SSSR count). The average molecular weight is 417 g/mol. The first-order chi connectivity index (χ1) is 9.92. The van der Waals surface area contributed by atoms with Gasteiger partial charge in [0.15, 0.2) is 0 Å². The highest BCUT2D eigenvalue weighted by Gasteiger charge is 2.14. The second-order valence-corrected chi connectivity index (χ2v) is 7.39. The van der Waals surface area contributed by atoms with Gasteiger partial charge in [-0.1, -0.05) is 6.92 Å². The lowest BCUT2D eigenvalue weighted by Crippen LogP contribution is -2.23. The SMILES string of the molecule is CCNS(=O)(=O)c1ccc(N)c(Nc2ccc(I)cc2)c1. The zero-order valence-electron chi connectivity index (χ0n) is 11.4. The zero-order valence-corrected chi connectivity index (χ0v) is 14.4. The van der Waals surface area contributed by atoms with Gasteiger partial charge in [0.25, 0.3) is 0 Å². The fourth-order valence-corrected chi connectivity index (χ4v) is 3.20. The van der Waals surface area contributed by atoms with Crippen LogP contribution in [0.25, 0.3) is 0 Å². The molecule has 0 atom stereocenters. The summed E-state index contributed by atoms with van der Waals surface area (Å²) in [6, 6.07) is 12.3. The maximum Gasteiger partial charge on any atom is 0.240 e. The predicted octanol–water partition coefficient (Wildman–Crippen LogP) is 2.92. The lowest BCUT2D eigenvalue weighted by molar-refractivity contribution is 0.584. The van der Waals surface area contributed by atoms with Crippen molar-refractivity contribution in [1.82, 2.24) is 4.72 Å². The Labute approximate surface area is 138 Å². The van der Waals surface area contributed by atoms with E-state index in [0.717, 1.165) is 9.26 Å². The van der Waals surface area contributed by atoms with E-state index in [0.29, 0.717) is 17.9 Å². The molecule has 0 radical (unpaired) electrons. The van der Waals surface area contributed by atoms with Gasteiger partial charge in [-0.2, -0.15) is 0 Å². The number of anilines is 3. The maximum absolute atomic E-state index is 12.0. The topological polar surface area (TPSA) is 84.2 Å². The summed E-state index contributed by atoms with van der Waals surface area (Å²) in [4.78, 5) is 0.187. The summed E-state index contributed by atoms with van der Waals surface area (Å²) in [5.74, 6) is 0. The molecule has 0 aliphatic heterocycles. The highest BCUT2D eigenvalue weighted by Crippen LogP contribution is 2.26. The largest absolute Gasteiger partial charge is 0.397 e. The number of nitrogens with two attached hydrogens (primary N) is 1. The Morgan fingerprint density at radius 2 is 1.81 bits per heavy atom. The fraction of sp³-hybridized carbons (Fsp3) is 0.143. The van der Waals surface area contributed by atoms with Crippen LogP contribution in [-0.2, 0) is 10.0 Å². The summed E-state index contributed by atoms with van der Waals surface area (Å²) in [5, 5.41) is 3.13. The lowest BCUT2D eigenvalue weighted by Gasteiger charge is -2.12. The summed E-state index contributed by atoms with van der Waals surface area (Å²) >= 11 is 2.22. The number of sulfonamides is 1. The molecule has 2 aromatic carbocycles. The molecule has 21 heavy (non-hydrogen) atoms. The molecule has 4 N–H and O–H groups in total. The Kier molecular flexibility index (Phi) is 5.07. The van der Waals surface area contributed by atoms with Crippen LogP contribution in [-0.4, -0.2) is 15.0 Å². The van der Waals surface area contributed by atoms with E-state index in [1.807, 2.05) is 24.3 Å². The predicted molar refractivity (Wildman–Crippen MR) is 94.2 cm³/mol. The molecule has 7 heteroatoms. The van der Waals surface area contributed by atoms with Crippen molar-refractivity contribution in [3.8, 4) is 0 Å². The first-order valence-corrected chi connectivity index (χ1v) is 8.90. The molecule has 112 valence electrons. The standard InChI is InChI=1S/C14H16IN3O2S/c1-2-17-21(19,20)12-7-8-13(16)14(9-12)18-11-5-3-10(15)4-6-11/h3-9,17-18H,2,16H2,1H3. The van der Waals surface area contributed by atoms with Crippen LogP contribution in [0.15, 0.2) is 47.4 Å². The first-order valence-electron chi connectivity index (χ1n) is 6.34. The molecule has 0 aromatic heterocycles. The number of nitrogens with one attached hydrogen (secondary N) is 2. The van der Waals surface area contributed by atoms with Gasteiger partial charge in [0.1, 0.15) is 0 Å². The van der Waals surface area contributed by atoms with Crippen LogP contribution >= 0.6 is 22.6 Å². The van der Waals surface area contributed by atoms with E-state index in [-0.39, 0.29) is 4.90 Å². The van der Waals surface area contributed by atoms with E-state index in [2.05, 4.69) is 32.6 Å². The van der Waals surface area contributed by atoms with Crippen LogP contribution in [0.2, 0.25) is 0 Å². The fourth-order valence-electron chi connectivity index (χ4n) is 1.77. The van der Waals surface area contributed by atoms with Crippen molar-refractivity contribution in [1.29, 1.82) is 0 Å². The smallest absolute Gasteiger partial charge is 0.240 e. The molecule has 0 unspecified atom stereocenters. The summed E-state index contributed by atoms with van der Waals surface area (Å²) in [7, 11) is -3.50. The number of hydrogen-bond acceptors (Lipinski definition) is 4. The molecule has 5 nitrogen and oxygen atoms in total. The zero-order chi connectivity index (χ0) is 15.5. The van der Waals surface area contributed by atoms with Gasteiger partial charge in [0.05, 0.1) is 16.3 Å². The van der Waals surface area contributed by atoms with Crippen LogP contribution in [0.4, 0.5) is 17.1 Å². The Morgan fingerprint density at radius 1 is 1.14 bits per heavy atom. The molecule has 0 bridgehead atoms. The van der Waals surface area contributed by atoms with Crippen LogP contribution in [0.3, 0.4) is 0 Å². The maximum atomic E-state index is 12.0. The minimum Gasteiger partial charge on any atom is -0.397 e. The monoisotopic (exact) mass is 417 g/mol. The lowest BCUT2D eigenvalue weighted by atomic mass is 10.2. The Balaban J connectivity index is 2.33. The van der Waals surface area contributed by atoms with Crippen molar-refractivity contribution in [2.75, 3.05) is 17.6 Å². The highest BCUT2D eigenvalue weighted by molar-refractivity contribution is 14.1. The van der Waals surface area contributed by atoms with E-state index in [1.54, 1.807) is 13.0 Å². The minimum absolute atomic E-state index is 0.187. The van der Waals surface area contributed by atoms with Crippen molar-refractivity contribution in [3.05, 3.63) is 46.0 Å². The van der Waals surface area contributed by atoms with Gasteiger partial charge in [-0.05, 0) is 65.1 Å². The van der Waals surface area contributed by atoms with Crippen molar-refractivity contribution < 1.29 is 8.42 Å². The van der Waals surface area contributed by atoms with Crippen molar-refractivity contribution in [2.24, 2.45) is 0 Å². The highest BCUT2D eigenvalue weighted by atomic mass is 127. The van der Waals surface area contributed by atoms with E-state index in [4.69, 9.17) is 5.73 Å². The summed E-state index contributed by atoms with van der Waals surface area (Å²) in [6.07, 6.45) is 0. The van der Waals surface area contributed by atoms with Gasteiger partial charge in [-0.15, -0.1) is 0 Å². The van der Waals surface area contributed by atoms with Gasteiger partial charge in [0, 0.05) is 15.8 Å². The van der Waals surface area contributed by atoms with Gasteiger partial charge in [-0.3, -0.25) is 0 Å². The quantitative estimate of drug-likeness (QED) is 0.516. The van der Waals surface area contributed by atoms with E-state index in [1.165, 1.54) is 12.1 Å². The molecule has 0 aliphatic rings. The number of hydrogen-bond donors (Lipinski definition) is 3. The van der Waals surface area contributed by atoms with Gasteiger partial charge in [-0.25, -0.2) is 13.1 Å². The average Bonchev–Trinajstić information content (AvgIpc) is 2.43. The van der Waals surface area contributed by atoms with Gasteiger partial charge < -0.3 is 11.1 Å². The Morgan fingerprint density at radius 3 is 2.43 bits per heavy atom. The van der Waals surface area contributed by atoms with Crippen molar-refractivity contribution in [3.63, 3.8) is 0 Å². The molecule has 0 saturated carbocycles. The molecular formula is C14H16IN3O2S. The van der Waals surface area contributed by atoms with Crippen LogP contribution in [0.5, 0.6) is 0 Å². The minimum atomic E-state index is -3.50. The van der Waals surface area contributed by atoms with E-state index >= 15 is 0 Å². The third kappa shape index (κ3) is 4.08. The second-order valence-electron chi connectivity index (χ2n) is 4.38. The molecule has 0 heterocycles. The van der Waals surface area contributed by atoms with Crippen LogP contribution in [0, 0.1) is 3.57 Å². The van der Waals surface area contributed by atoms with E-state index in [9.17, 15) is 8.42 Å². The number of benzene rings is 2. The van der Waals surface area contributed by atoms with Gasteiger partial charge in [0.2, 0.25) is 10.0 Å². The van der Waals surface area contributed by atoms with Crippen LogP contribution < -0.4 is 15.8 Å². The first kappa shape index (κ1) is 16.1. The molecule has 0 aliphatic carbocycles. The molecular weight excluding hydrogens is 401 g/mol. The normalized spacial score (nSPS) is 11.3.